The van der Waals surface area contributed by atoms with Gasteiger partial charge in [-0.25, -0.2) is 0 Å². The van der Waals surface area contributed by atoms with Crippen molar-refractivity contribution in [1.29, 1.82) is 0 Å². The van der Waals surface area contributed by atoms with Gasteiger partial charge in [0.2, 0.25) is 0 Å². The Balaban J connectivity index is 2.10. The first kappa shape index (κ1) is 15.6. The van der Waals surface area contributed by atoms with Gasteiger partial charge in [0.1, 0.15) is 0 Å². The summed E-state index contributed by atoms with van der Waals surface area (Å²) in [6, 6.07) is 8.01. The van der Waals surface area contributed by atoms with Crippen molar-refractivity contribution < 1.29 is 9.53 Å². The third-order valence-electron chi connectivity index (χ3n) is 3.52. The fourth-order valence-electron chi connectivity index (χ4n) is 2.46. The lowest BCUT2D eigenvalue weighted by molar-refractivity contribution is 0.0991. The van der Waals surface area contributed by atoms with Crippen molar-refractivity contribution in [2.75, 3.05) is 13.7 Å². The van der Waals surface area contributed by atoms with Gasteiger partial charge in [0.25, 0.3) is 5.91 Å². The lowest BCUT2D eigenvalue weighted by Crippen LogP contribution is -2.19. The number of hydrogen-bond acceptors (Lipinski definition) is 4. The Hall–Kier alpha value is -2.25. The van der Waals surface area contributed by atoms with Crippen LogP contribution in [-0.4, -0.2) is 34.0 Å². The topological polar surface area (TPSA) is 61.4 Å². The summed E-state index contributed by atoms with van der Waals surface area (Å²) >= 11 is 1.50. The smallest absolute Gasteiger partial charge is 0.300 e. The number of amides is 1. The Labute approximate surface area is 137 Å². The lowest BCUT2D eigenvalue weighted by Gasteiger charge is -2.03. The molecule has 7 heteroatoms. The quantitative estimate of drug-likeness (QED) is 0.736. The predicted octanol–water partition coefficient (Wildman–Crippen LogP) is 2.13. The molecule has 0 N–H and O–H groups in total. The SMILES string of the molecule is COCCn1c(=NC(=O)c2nn(C)cc2C)sc2ccccc21. The van der Waals surface area contributed by atoms with Crippen LogP contribution in [0.5, 0.6) is 0 Å². The summed E-state index contributed by atoms with van der Waals surface area (Å²) in [6.07, 6.45) is 1.81. The maximum absolute atomic E-state index is 12.5. The van der Waals surface area contributed by atoms with Gasteiger partial charge in [-0.05, 0) is 19.1 Å². The van der Waals surface area contributed by atoms with Crippen molar-refractivity contribution in [1.82, 2.24) is 14.3 Å². The normalized spacial score (nSPS) is 12.2. The number of carbonyl (C=O) groups is 1. The van der Waals surface area contributed by atoms with E-state index >= 15 is 0 Å². The number of fused-ring (bicyclic) bond motifs is 1. The second kappa shape index (κ2) is 6.47. The maximum atomic E-state index is 12.5. The highest BCUT2D eigenvalue weighted by molar-refractivity contribution is 7.16. The minimum Gasteiger partial charge on any atom is -0.383 e. The summed E-state index contributed by atoms with van der Waals surface area (Å²) in [7, 11) is 3.45. The van der Waals surface area contributed by atoms with Gasteiger partial charge in [0, 0.05) is 32.5 Å². The first-order valence-electron chi connectivity index (χ1n) is 7.26. The van der Waals surface area contributed by atoms with Gasteiger partial charge in [-0.3, -0.25) is 9.48 Å². The molecule has 6 nitrogen and oxygen atoms in total. The van der Waals surface area contributed by atoms with E-state index in [0.717, 1.165) is 15.8 Å². The third-order valence-corrected chi connectivity index (χ3v) is 4.58. The van der Waals surface area contributed by atoms with Crippen LogP contribution in [-0.2, 0) is 18.3 Å². The molecular formula is C16H18N4O2S. The van der Waals surface area contributed by atoms with E-state index < -0.39 is 0 Å². The molecule has 0 aliphatic rings. The van der Waals surface area contributed by atoms with Gasteiger partial charge in [-0.1, -0.05) is 23.5 Å². The van der Waals surface area contributed by atoms with Gasteiger partial charge < -0.3 is 9.30 Å². The number of hydrogen-bond donors (Lipinski definition) is 0. The minimum absolute atomic E-state index is 0.319. The molecule has 2 heterocycles. The number of carbonyl (C=O) groups excluding carboxylic acids is 1. The Bertz CT molecular complexity index is 920. The number of nitrogens with zero attached hydrogens (tertiary/aromatic N) is 4. The molecule has 0 saturated heterocycles. The Morgan fingerprint density at radius 2 is 2.17 bits per heavy atom. The van der Waals surface area contributed by atoms with Crippen LogP contribution in [0, 0.1) is 6.92 Å². The Morgan fingerprint density at radius 1 is 1.39 bits per heavy atom. The molecule has 120 valence electrons. The summed E-state index contributed by atoms with van der Waals surface area (Å²) < 4.78 is 9.90. The monoisotopic (exact) mass is 330 g/mol. The summed E-state index contributed by atoms with van der Waals surface area (Å²) in [4.78, 5) is 17.4. The number of benzene rings is 1. The molecule has 0 spiro atoms. The number of thiazole rings is 1. The zero-order valence-corrected chi connectivity index (χ0v) is 14.1. The van der Waals surface area contributed by atoms with E-state index in [2.05, 4.69) is 10.1 Å². The average molecular weight is 330 g/mol. The van der Waals surface area contributed by atoms with E-state index in [1.165, 1.54) is 11.3 Å². The number of aryl methyl sites for hydroxylation is 2. The summed E-state index contributed by atoms with van der Waals surface area (Å²) in [5.74, 6) is -0.319. The molecule has 23 heavy (non-hydrogen) atoms. The van der Waals surface area contributed by atoms with Crippen LogP contribution in [0.4, 0.5) is 0 Å². The molecule has 0 fully saturated rings. The van der Waals surface area contributed by atoms with Gasteiger partial charge in [0.15, 0.2) is 10.5 Å². The van der Waals surface area contributed by atoms with Crippen molar-refractivity contribution in [2.24, 2.45) is 12.0 Å². The van der Waals surface area contributed by atoms with Crippen LogP contribution in [0.1, 0.15) is 16.1 Å². The van der Waals surface area contributed by atoms with E-state index in [4.69, 9.17) is 4.74 Å². The molecule has 0 unspecified atom stereocenters. The molecule has 1 amide bonds. The van der Waals surface area contributed by atoms with Crippen LogP contribution in [0.15, 0.2) is 35.5 Å². The fraction of sp³-hybridized carbons (Fsp3) is 0.312. The molecule has 3 rings (SSSR count). The highest BCUT2D eigenvalue weighted by atomic mass is 32.1. The highest BCUT2D eigenvalue weighted by Crippen LogP contribution is 2.17. The number of methoxy groups -OCH3 is 1. The molecule has 0 aliphatic carbocycles. The predicted molar refractivity (Wildman–Crippen MR) is 89.5 cm³/mol. The van der Waals surface area contributed by atoms with Crippen molar-refractivity contribution in [3.63, 3.8) is 0 Å². The largest absolute Gasteiger partial charge is 0.383 e. The molecule has 0 saturated carbocycles. The Morgan fingerprint density at radius 3 is 2.87 bits per heavy atom. The third kappa shape index (κ3) is 3.11. The molecule has 3 aromatic rings. The van der Waals surface area contributed by atoms with Gasteiger partial charge in [-0.15, -0.1) is 0 Å². The average Bonchev–Trinajstić information content (AvgIpc) is 3.04. The lowest BCUT2D eigenvalue weighted by atomic mass is 10.3. The number of para-hydroxylation sites is 1. The summed E-state index contributed by atoms with van der Waals surface area (Å²) in [5, 5.41) is 4.20. The van der Waals surface area contributed by atoms with E-state index in [9.17, 15) is 4.79 Å². The number of rotatable bonds is 4. The molecule has 0 aliphatic heterocycles. The van der Waals surface area contributed by atoms with Crippen molar-refractivity contribution in [3.05, 3.63) is 46.5 Å². The van der Waals surface area contributed by atoms with Gasteiger partial charge in [-0.2, -0.15) is 10.1 Å². The van der Waals surface area contributed by atoms with E-state index in [1.54, 1.807) is 18.8 Å². The highest BCUT2D eigenvalue weighted by Gasteiger charge is 2.14. The van der Waals surface area contributed by atoms with E-state index in [-0.39, 0.29) is 5.91 Å². The zero-order valence-electron chi connectivity index (χ0n) is 13.3. The summed E-state index contributed by atoms with van der Waals surface area (Å²) in [5.41, 5.74) is 2.27. The van der Waals surface area contributed by atoms with Crippen molar-refractivity contribution in [3.8, 4) is 0 Å². The molecule has 1 aromatic carbocycles. The van der Waals surface area contributed by atoms with Crippen LogP contribution in [0.3, 0.4) is 0 Å². The zero-order chi connectivity index (χ0) is 16.4. The molecular weight excluding hydrogens is 312 g/mol. The number of ether oxygens (including phenoxy) is 1. The van der Waals surface area contributed by atoms with Gasteiger partial charge in [0.05, 0.1) is 16.8 Å². The first-order chi connectivity index (χ1) is 11.1. The van der Waals surface area contributed by atoms with Crippen LogP contribution in [0.25, 0.3) is 10.2 Å². The first-order valence-corrected chi connectivity index (χ1v) is 8.08. The second-order valence-electron chi connectivity index (χ2n) is 5.25. The van der Waals surface area contributed by atoms with Gasteiger partial charge >= 0.3 is 0 Å². The molecule has 0 radical (unpaired) electrons. The van der Waals surface area contributed by atoms with E-state index in [1.807, 2.05) is 42.0 Å². The number of aromatic nitrogens is 3. The van der Waals surface area contributed by atoms with Crippen molar-refractivity contribution in [2.45, 2.75) is 13.5 Å². The van der Waals surface area contributed by atoms with E-state index in [0.29, 0.717) is 23.6 Å². The summed E-state index contributed by atoms with van der Waals surface area (Å²) in [6.45, 7) is 3.07. The van der Waals surface area contributed by atoms with Crippen LogP contribution < -0.4 is 4.80 Å². The molecule has 2 aromatic heterocycles. The minimum atomic E-state index is -0.319. The standard InChI is InChI=1S/C16H18N4O2S/c1-11-10-19(2)18-14(11)15(21)17-16-20(8-9-22-3)12-6-4-5-7-13(12)23-16/h4-7,10H,8-9H2,1-3H3. The van der Waals surface area contributed by atoms with Crippen LogP contribution >= 0.6 is 11.3 Å². The molecule has 0 atom stereocenters. The molecule has 0 bridgehead atoms. The Kier molecular flexibility index (Phi) is 4.40. The van der Waals surface area contributed by atoms with Crippen molar-refractivity contribution >= 4 is 27.5 Å². The van der Waals surface area contributed by atoms with Crippen LogP contribution in [0.2, 0.25) is 0 Å². The maximum Gasteiger partial charge on any atom is 0.300 e. The second-order valence-corrected chi connectivity index (χ2v) is 6.26. The fourth-order valence-corrected chi connectivity index (χ4v) is 3.52.